The highest BCUT2D eigenvalue weighted by atomic mass is 19.4. The Kier molecular flexibility index (Phi) is 3.39. The van der Waals surface area contributed by atoms with Gasteiger partial charge >= 0.3 is 12.2 Å². The average molecular weight is 323 g/mol. The van der Waals surface area contributed by atoms with Gasteiger partial charge in [-0.3, -0.25) is 4.90 Å². The molecule has 23 heavy (non-hydrogen) atoms. The first-order valence-electron chi connectivity index (χ1n) is 6.65. The first-order valence-corrected chi connectivity index (χ1v) is 6.65. The van der Waals surface area contributed by atoms with Crippen LogP contribution in [0.2, 0.25) is 0 Å². The van der Waals surface area contributed by atoms with Crippen LogP contribution < -0.4 is 10.1 Å². The number of methoxy groups -OCH3 is 1. The van der Waals surface area contributed by atoms with Crippen LogP contribution in [-0.4, -0.2) is 30.1 Å². The van der Waals surface area contributed by atoms with E-state index in [1.165, 1.54) is 55.8 Å². The van der Waals surface area contributed by atoms with Gasteiger partial charge in [-0.15, -0.1) is 0 Å². The van der Waals surface area contributed by atoms with Crippen LogP contribution in [0.4, 0.5) is 18.0 Å². The Hall–Kier alpha value is -2.77. The SMILES string of the molecule is COc1ccc(C2(C(F)(F)F)N=C3C=CC=CN3C(=O)N2)cc1. The van der Waals surface area contributed by atoms with Crippen molar-refractivity contribution in [1.29, 1.82) is 0 Å². The first kappa shape index (κ1) is 15.1. The minimum Gasteiger partial charge on any atom is -0.497 e. The molecular formula is C15H12F3N3O2. The maximum atomic E-state index is 13.8. The number of amidine groups is 1. The van der Waals surface area contributed by atoms with Gasteiger partial charge in [0.2, 0.25) is 0 Å². The fourth-order valence-electron chi connectivity index (χ4n) is 2.38. The van der Waals surface area contributed by atoms with Crippen molar-refractivity contribution in [3.63, 3.8) is 0 Å². The normalized spacial score (nSPS) is 23.2. The number of amides is 2. The third kappa shape index (κ3) is 2.36. The molecule has 1 aromatic rings. The minimum atomic E-state index is -4.81. The minimum absolute atomic E-state index is 0.0793. The van der Waals surface area contributed by atoms with E-state index in [1.807, 2.05) is 5.32 Å². The van der Waals surface area contributed by atoms with Crippen LogP contribution in [0.15, 0.2) is 53.7 Å². The summed E-state index contributed by atoms with van der Waals surface area (Å²) in [5.74, 6) is 0.326. The molecule has 0 bridgehead atoms. The van der Waals surface area contributed by atoms with Crippen LogP contribution in [0.3, 0.4) is 0 Å². The first-order chi connectivity index (χ1) is 10.9. The molecule has 2 amide bonds. The lowest BCUT2D eigenvalue weighted by Crippen LogP contribution is -2.62. The van der Waals surface area contributed by atoms with Crippen LogP contribution >= 0.6 is 0 Å². The number of nitrogens with one attached hydrogen (secondary N) is 1. The van der Waals surface area contributed by atoms with Crippen molar-refractivity contribution in [3.05, 3.63) is 54.3 Å². The molecule has 0 saturated heterocycles. The zero-order chi connectivity index (χ0) is 16.7. The van der Waals surface area contributed by atoms with Crippen LogP contribution in [-0.2, 0) is 5.66 Å². The van der Waals surface area contributed by atoms with Crippen LogP contribution in [0, 0.1) is 0 Å². The number of urea groups is 1. The number of ether oxygens (including phenoxy) is 1. The van der Waals surface area contributed by atoms with E-state index in [4.69, 9.17) is 4.74 Å². The lowest BCUT2D eigenvalue weighted by molar-refractivity contribution is -0.196. The van der Waals surface area contributed by atoms with E-state index in [0.717, 1.165) is 4.90 Å². The number of carbonyl (C=O) groups is 1. The predicted octanol–water partition coefficient (Wildman–Crippen LogP) is 2.92. The molecule has 0 aromatic heterocycles. The highest BCUT2D eigenvalue weighted by Crippen LogP contribution is 2.42. The van der Waals surface area contributed by atoms with E-state index in [-0.39, 0.29) is 11.4 Å². The zero-order valence-electron chi connectivity index (χ0n) is 12.0. The van der Waals surface area contributed by atoms with Crippen LogP contribution in [0.5, 0.6) is 5.75 Å². The molecule has 1 atom stereocenters. The molecule has 1 aromatic carbocycles. The van der Waals surface area contributed by atoms with Gasteiger partial charge in [0.1, 0.15) is 11.6 Å². The molecule has 2 aliphatic rings. The summed E-state index contributed by atoms with van der Waals surface area (Å²) >= 11 is 0. The zero-order valence-corrected chi connectivity index (χ0v) is 12.0. The number of hydrogen-bond acceptors (Lipinski definition) is 3. The summed E-state index contributed by atoms with van der Waals surface area (Å²) < 4.78 is 46.3. The van der Waals surface area contributed by atoms with Crippen molar-refractivity contribution in [2.75, 3.05) is 7.11 Å². The van der Waals surface area contributed by atoms with Gasteiger partial charge in [-0.1, -0.05) is 18.2 Å². The van der Waals surface area contributed by atoms with Crippen molar-refractivity contribution in [2.45, 2.75) is 11.8 Å². The van der Waals surface area contributed by atoms with Gasteiger partial charge in [0.15, 0.2) is 0 Å². The average Bonchev–Trinajstić information content (AvgIpc) is 2.54. The molecule has 3 rings (SSSR count). The molecule has 2 heterocycles. The second-order valence-electron chi connectivity index (χ2n) is 4.91. The standard InChI is InChI=1S/C15H12F3N3O2/c1-23-11-7-5-10(6-8-11)14(15(16,17)18)19-12-4-2-3-9-21(12)13(22)20-14/h2-9H,1H3,(H,20,22). The van der Waals surface area contributed by atoms with Gasteiger partial charge in [-0.25, -0.2) is 9.79 Å². The topological polar surface area (TPSA) is 53.9 Å². The summed E-state index contributed by atoms with van der Waals surface area (Å²) in [6.45, 7) is 0. The quantitative estimate of drug-likeness (QED) is 0.910. The van der Waals surface area contributed by atoms with E-state index in [0.29, 0.717) is 5.75 Å². The lowest BCUT2D eigenvalue weighted by Gasteiger charge is -2.39. The van der Waals surface area contributed by atoms with Gasteiger partial charge in [-0.2, -0.15) is 13.2 Å². The Morgan fingerprint density at radius 3 is 2.52 bits per heavy atom. The fraction of sp³-hybridized carbons (Fsp3) is 0.200. The molecule has 0 spiro atoms. The van der Waals surface area contributed by atoms with E-state index in [9.17, 15) is 18.0 Å². The number of carbonyl (C=O) groups excluding carboxylic acids is 1. The summed E-state index contributed by atoms with van der Waals surface area (Å²) in [4.78, 5) is 16.9. The lowest BCUT2D eigenvalue weighted by atomic mass is 9.97. The summed E-state index contributed by atoms with van der Waals surface area (Å²) in [5.41, 5.74) is -3.04. The number of nitrogens with zero attached hydrogens (tertiary/aromatic N) is 2. The number of aliphatic imine (C=N–C) groups is 1. The van der Waals surface area contributed by atoms with Crippen molar-refractivity contribution < 1.29 is 22.7 Å². The van der Waals surface area contributed by atoms with E-state index in [2.05, 4.69) is 4.99 Å². The number of hydrogen-bond donors (Lipinski definition) is 1. The molecule has 2 aliphatic heterocycles. The Morgan fingerprint density at radius 2 is 1.91 bits per heavy atom. The number of alkyl halides is 3. The van der Waals surface area contributed by atoms with E-state index >= 15 is 0 Å². The molecule has 5 nitrogen and oxygen atoms in total. The van der Waals surface area contributed by atoms with Crippen molar-refractivity contribution in [2.24, 2.45) is 4.99 Å². The van der Waals surface area contributed by atoms with Gasteiger partial charge < -0.3 is 10.1 Å². The second-order valence-corrected chi connectivity index (χ2v) is 4.91. The molecule has 120 valence electrons. The molecule has 0 radical (unpaired) electrons. The summed E-state index contributed by atoms with van der Waals surface area (Å²) in [7, 11) is 1.41. The van der Waals surface area contributed by atoms with Crippen molar-refractivity contribution in [1.82, 2.24) is 10.2 Å². The van der Waals surface area contributed by atoms with Crippen molar-refractivity contribution in [3.8, 4) is 5.75 Å². The Balaban J connectivity index is 2.17. The molecule has 0 fully saturated rings. The second kappa shape index (κ2) is 5.15. The van der Waals surface area contributed by atoms with Crippen molar-refractivity contribution >= 4 is 11.9 Å². The van der Waals surface area contributed by atoms with Gasteiger partial charge in [0.25, 0.3) is 5.66 Å². The maximum Gasteiger partial charge on any atom is 0.436 e. The number of benzene rings is 1. The molecule has 8 heteroatoms. The number of rotatable bonds is 2. The molecule has 0 saturated carbocycles. The smallest absolute Gasteiger partial charge is 0.436 e. The Bertz CT molecular complexity index is 722. The summed E-state index contributed by atoms with van der Waals surface area (Å²) in [6, 6.07) is 4.34. The highest BCUT2D eigenvalue weighted by molar-refractivity contribution is 6.07. The van der Waals surface area contributed by atoms with Crippen LogP contribution in [0.1, 0.15) is 5.56 Å². The third-order valence-electron chi connectivity index (χ3n) is 3.55. The Morgan fingerprint density at radius 1 is 1.22 bits per heavy atom. The van der Waals surface area contributed by atoms with Gasteiger partial charge in [0, 0.05) is 11.8 Å². The van der Waals surface area contributed by atoms with E-state index < -0.39 is 17.9 Å². The highest BCUT2D eigenvalue weighted by Gasteiger charge is 2.60. The number of halogens is 3. The third-order valence-corrected chi connectivity index (χ3v) is 3.55. The monoisotopic (exact) mass is 323 g/mol. The fourth-order valence-corrected chi connectivity index (χ4v) is 2.38. The predicted molar refractivity (Wildman–Crippen MR) is 76.8 cm³/mol. The molecule has 1 N–H and O–H groups in total. The molecule has 0 aliphatic carbocycles. The van der Waals surface area contributed by atoms with E-state index in [1.54, 1.807) is 0 Å². The molecule has 1 unspecified atom stereocenters. The molecular weight excluding hydrogens is 311 g/mol. The van der Waals surface area contributed by atoms with Gasteiger partial charge in [0.05, 0.1) is 7.11 Å². The van der Waals surface area contributed by atoms with Gasteiger partial charge in [-0.05, 0) is 24.3 Å². The summed E-state index contributed by atoms with van der Waals surface area (Å²) in [6.07, 6.45) is 0.937. The Labute approximate surface area is 129 Å². The number of fused-ring (bicyclic) bond motifs is 1. The largest absolute Gasteiger partial charge is 0.497 e. The number of allylic oxidation sites excluding steroid dienone is 2. The summed E-state index contributed by atoms with van der Waals surface area (Å²) in [5, 5.41) is 1.97. The van der Waals surface area contributed by atoms with Crippen LogP contribution in [0.25, 0.3) is 0 Å². The maximum absolute atomic E-state index is 13.8.